The van der Waals surface area contributed by atoms with Gasteiger partial charge in [0.05, 0.1) is 13.2 Å². The molecule has 0 spiro atoms. The van der Waals surface area contributed by atoms with Crippen molar-refractivity contribution in [1.29, 1.82) is 0 Å². The number of hydrogen-bond acceptors (Lipinski definition) is 4. The second-order valence-electron chi connectivity index (χ2n) is 25.5. The number of halogens is 1. The summed E-state index contributed by atoms with van der Waals surface area (Å²) in [5.41, 5.74) is 22.8. The Morgan fingerprint density at radius 1 is 0.333 bits per heavy atom. The quantitative estimate of drug-likeness (QED) is 0.0378. The zero-order valence-corrected chi connectivity index (χ0v) is 55.6. The molecule has 6 heteroatoms. The summed E-state index contributed by atoms with van der Waals surface area (Å²) < 4.78 is 27.2. The molecule has 0 bridgehead atoms. The van der Waals surface area contributed by atoms with E-state index in [0.717, 1.165) is 137 Å². The van der Waals surface area contributed by atoms with Gasteiger partial charge >= 0.3 is 0 Å². The van der Waals surface area contributed by atoms with Crippen molar-refractivity contribution in [2.75, 3.05) is 23.0 Å². The van der Waals surface area contributed by atoms with E-state index in [1.807, 2.05) is 60.7 Å². The van der Waals surface area contributed by atoms with E-state index in [1.54, 1.807) is 12.1 Å². The van der Waals surface area contributed by atoms with Gasteiger partial charge in [0.25, 0.3) is 0 Å². The average Bonchev–Trinajstić information content (AvgIpc) is 1.56. The van der Waals surface area contributed by atoms with Gasteiger partial charge in [0.1, 0.15) is 17.3 Å². The van der Waals surface area contributed by atoms with Crippen LogP contribution in [0.1, 0.15) is 109 Å². The number of benzene rings is 12. The predicted molar refractivity (Wildman–Crippen MR) is 404 cm³/mol. The predicted octanol–water partition coefficient (Wildman–Crippen LogP) is 23.9. The Morgan fingerprint density at radius 3 is 1.08 bits per heavy atom. The van der Waals surface area contributed by atoms with E-state index in [9.17, 15) is 4.39 Å². The number of fused-ring (bicyclic) bond motifs is 6. The Kier molecular flexibility index (Phi) is 18.9. The van der Waals surface area contributed by atoms with Crippen molar-refractivity contribution in [3.8, 4) is 44.9 Å². The summed E-state index contributed by atoms with van der Waals surface area (Å²) in [4.78, 5) is 4.69. The fourth-order valence-corrected chi connectivity index (χ4v) is 15.3. The van der Waals surface area contributed by atoms with Gasteiger partial charge < -0.3 is 19.3 Å². The number of anilines is 6. The second-order valence-corrected chi connectivity index (χ2v) is 26.2. The Balaban J connectivity index is 0.750. The molecule has 474 valence electrons. The fourth-order valence-electron chi connectivity index (χ4n) is 15.1. The topological polar surface area (TPSA) is 24.9 Å². The summed E-state index contributed by atoms with van der Waals surface area (Å²) in [6, 6.07) is 104. The molecule has 0 heterocycles. The first-order chi connectivity index (χ1) is 47.3. The number of unbranched alkanes of at least 4 members (excludes halogenated alkanes) is 6. The van der Waals surface area contributed by atoms with Gasteiger partial charge in [-0.05, 0) is 218 Å². The molecular formula is C90H80FN2O2P. The van der Waals surface area contributed by atoms with Crippen LogP contribution in [0.15, 0.2) is 304 Å². The molecule has 2 aliphatic carbocycles. The molecule has 12 aromatic carbocycles. The van der Waals surface area contributed by atoms with Gasteiger partial charge in [0.2, 0.25) is 0 Å². The maximum atomic E-state index is 14.9. The Bertz CT molecular complexity index is 4330. The average molecular weight is 1270 g/mol. The van der Waals surface area contributed by atoms with Gasteiger partial charge in [-0.15, -0.1) is 9.24 Å². The smallest absolute Gasteiger partial charge is 0.123 e. The van der Waals surface area contributed by atoms with Crippen molar-refractivity contribution in [2.45, 2.75) is 75.0 Å². The second kappa shape index (κ2) is 28.7. The van der Waals surface area contributed by atoms with Crippen LogP contribution >= 0.6 is 9.24 Å². The summed E-state index contributed by atoms with van der Waals surface area (Å²) in [6.45, 7) is 9.15. The minimum Gasteiger partial charge on any atom is -0.494 e. The van der Waals surface area contributed by atoms with E-state index in [4.69, 9.17) is 9.47 Å². The molecule has 3 unspecified atom stereocenters. The highest BCUT2D eigenvalue weighted by atomic mass is 31.0. The molecule has 0 N–H and O–H groups in total. The first kappa shape index (κ1) is 63.1. The van der Waals surface area contributed by atoms with Crippen molar-refractivity contribution in [3.63, 3.8) is 0 Å². The molecule has 14 rings (SSSR count). The van der Waals surface area contributed by atoms with E-state index < -0.39 is 0 Å². The molecule has 96 heavy (non-hydrogen) atoms. The zero-order valence-electron chi connectivity index (χ0n) is 54.4. The molecule has 0 saturated carbocycles. The molecule has 4 nitrogen and oxygen atoms in total. The molecule has 0 aliphatic heterocycles. The molecule has 2 aliphatic rings. The van der Waals surface area contributed by atoms with Crippen LogP contribution in [0.25, 0.3) is 45.5 Å². The third-order valence-corrected chi connectivity index (χ3v) is 20.2. The van der Waals surface area contributed by atoms with Crippen LogP contribution in [0.2, 0.25) is 0 Å². The van der Waals surface area contributed by atoms with Crippen molar-refractivity contribution in [1.82, 2.24) is 0 Å². The van der Waals surface area contributed by atoms with Crippen LogP contribution in [0.3, 0.4) is 0 Å². The third kappa shape index (κ3) is 12.8. The summed E-state index contributed by atoms with van der Waals surface area (Å²) in [5, 5.41) is 1.13. The van der Waals surface area contributed by atoms with E-state index in [1.165, 1.54) is 55.6 Å². The molecule has 0 saturated heterocycles. The molecular weight excluding hydrogens is 1190 g/mol. The minimum atomic E-state index is -0.387. The number of nitrogens with zero attached hydrogens (tertiary/aromatic N) is 2. The van der Waals surface area contributed by atoms with Gasteiger partial charge in [-0.1, -0.05) is 246 Å². The lowest BCUT2D eigenvalue weighted by molar-refractivity contribution is 0.303. The Hall–Kier alpha value is -10.3. The highest BCUT2D eigenvalue weighted by molar-refractivity contribution is 7.27. The van der Waals surface area contributed by atoms with Crippen molar-refractivity contribution in [2.24, 2.45) is 0 Å². The third-order valence-electron chi connectivity index (χ3n) is 19.8. The van der Waals surface area contributed by atoms with E-state index >= 15 is 0 Å². The van der Waals surface area contributed by atoms with Crippen LogP contribution in [0.5, 0.6) is 11.5 Å². The zero-order chi connectivity index (χ0) is 65.3. The van der Waals surface area contributed by atoms with Crippen molar-refractivity contribution < 1.29 is 13.9 Å². The Labute approximate surface area is 568 Å². The molecule has 3 atom stereocenters. The number of rotatable bonds is 27. The van der Waals surface area contributed by atoms with Crippen molar-refractivity contribution in [3.05, 3.63) is 355 Å². The highest BCUT2D eigenvalue weighted by Gasteiger charge is 2.46. The SMILES string of the molecule is C=Cc1ccc(OCCCCCCC2(c3ccccc3)c3ccccc3-c3ccc(N(c4ccc(F)cc4)c4ccc(-c5ccc(N(c6ccc(P)cc6)c6ccc7c(c6)C(CCCCCCOc6ccc(C=C)cc6)(c6ccccc6)c6ccccc6-7)cc5)cc4)cc32)cc1. The van der Waals surface area contributed by atoms with Crippen LogP contribution < -0.4 is 24.6 Å². The van der Waals surface area contributed by atoms with Gasteiger partial charge in [0, 0.05) is 45.0 Å². The standard InChI is InChI=1S/C90H80FN2O2P/c1-3-65-31-51-78(52-32-65)94-61-21-7-5-19-59-89(69-23-11-9-12-24-69)85-29-17-15-27-81(85)83-57-49-76(63-87(83)89)92(74-45-39-71(91)40-46-74)72-41-35-67(36-42-72)68-37-43-73(44-38-68)93(75-47-55-80(96)56-48-75)77-50-58-84-82-28-16-18-30-86(82)90(88(84)64-77,70-25-13-10-14-26-70)60-20-6-8-22-62-95-79-53-33-66(4-2)34-54-79/h3-4,9-18,23-58,63-64H,1-2,5-8,19-22,59-62,96H2. The van der Waals surface area contributed by atoms with Gasteiger partial charge in [-0.25, -0.2) is 4.39 Å². The van der Waals surface area contributed by atoms with Gasteiger partial charge in [-0.2, -0.15) is 0 Å². The molecule has 12 aromatic rings. The van der Waals surface area contributed by atoms with Crippen LogP contribution in [-0.2, 0) is 10.8 Å². The molecule has 0 radical (unpaired) electrons. The van der Waals surface area contributed by atoms with E-state index in [-0.39, 0.29) is 16.6 Å². The lowest BCUT2D eigenvalue weighted by atomic mass is 9.69. The largest absolute Gasteiger partial charge is 0.494 e. The maximum absolute atomic E-state index is 14.9. The number of ether oxygens (including phenoxy) is 2. The van der Waals surface area contributed by atoms with Crippen LogP contribution in [-0.4, -0.2) is 13.2 Å². The van der Waals surface area contributed by atoms with E-state index in [0.29, 0.717) is 13.2 Å². The van der Waals surface area contributed by atoms with Gasteiger partial charge in [-0.3, -0.25) is 0 Å². The molecule has 0 amide bonds. The summed E-state index contributed by atoms with van der Waals surface area (Å²) in [5.74, 6) is 1.52. The summed E-state index contributed by atoms with van der Waals surface area (Å²) in [7, 11) is 2.86. The fraction of sp³-hybridized carbons (Fsp3) is 0.156. The molecule has 0 fully saturated rings. The maximum Gasteiger partial charge on any atom is 0.123 e. The molecule has 0 aromatic heterocycles. The van der Waals surface area contributed by atoms with E-state index in [2.05, 4.69) is 263 Å². The lowest BCUT2D eigenvalue weighted by Gasteiger charge is -2.34. The van der Waals surface area contributed by atoms with Gasteiger partial charge in [0.15, 0.2) is 0 Å². The summed E-state index contributed by atoms with van der Waals surface area (Å²) in [6.07, 6.45) is 14.1. The lowest BCUT2D eigenvalue weighted by Crippen LogP contribution is -2.27. The monoisotopic (exact) mass is 1270 g/mol. The Morgan fingerprint density at radius 2 is 0.677 bits per heavy atom. The van der Waals surface area contributed by atoms with Crippen LogP contribution in [0, 0.1) is 5.82 Å². The van der Waals surface area contributed by atoms with Crippen LogP contribution in [0.4, 0.5) is 38.5 Å². The number of hydrogen-bond donors (Lipinski definition) is 0. The highest BCUT2D eigenvalue weighted by Crippen LogP contribution is 2.58. The minimum absolute atomic E-state index is 0.271. The van der Waals surface area contributed by atoms with Crippen molar-refractivity contribution >= 4 is 60.8 Å². The normalized spacial score (nSPS) is 14.8. The first-order valence-corrected chi connectivity index (χ1v) is 34.6. The first-order valence-electron chi connectivity index (χ1n) is 34.0. The summed E-state index contributed by atoms with van der Waals surface area (Å²) >= 11 is 0.